The Morgan fingerprint density at radius 3 is 2.41 bits per heavy atom. The van der Waals surface area contributed by atoms with Gasteiger partial charge in [-0.3, -0.25) is 0 Å². The number of hydrogen-bond acceptors (Lipinski definition) is 2. The summed E-state index contributed by atoms with van der Waals surface area (Å²) in [7, 11) is -3.20. The van der Waals surface area contributed by atoms with Crippen LogP contribution >= 0.6 is 31.9 Å². The maximum Gasteiger partial charge on any atom is 0.178 e. The maximum absolute atomic E-state index is 12.2. The molecule has 0 N–H and O–H groups in total. The van der Waals surface area contributed by atoms with Crippen LogP contribution in [0.15, 0.2) is 33.6 Å². The van der Waals surface area contributed by atoms with Crippen LogP contribution in [-0.4, -0.2) is 19.5 Å². The van der Waals surface area contributed by atoms with Crippen LogP contribution in [0.25, 0.3) is 0 Å². The molecule has 0 bridgehead atoms. The number of alkyl halides is 1. The minimum Gasteiger partial charge on any atom is -0.224 e. The first kappa shape index (κ1) is 15.2. The van der Waals surface area contributed by atoms with E-state index in [1.807, 2.05) is 19.9 Å². The molecule has 1 aromatic carbocycles. The van der Waals surface area contributed by atoms with Crippen LogP contribution in [0.5, 0.6) is 0 Å². The highest BCUT2D eigenvalue weighted by atomic mass is 79.9. The van der Waals surface area contributed by atoms with Gasteiger partial charge < -0.3 is 0 Å². The maximum atomic E-state index is 12.2. The Morgan fingerprint density at radius 2 is 1.94 bits per heavy atom. The van der Waals surface area contributed by atoms with Gasteiger partial charge in [0.1, 0.15) is 0 Å². The van der Waals surface area contributed by atoms with Crippen molar-refractivity contribution in [3.63, 3.8) is 0 Å². The van der Waals surface area contributed by atoms with Crippen LogP contribution < -0.4 is 0 Å². The number of rotatable bonds is 5. The van der Waals surface area contributed by atoms with E-state index in [2.05, 4.69) is 31.9 Å². The van der Waals surface area contributed by atoms with Gasteiger partial charge in [-0.1, -0.05) is 51.8 Å². The zero-order valence-corrected chi connectivity index (χ0v) is 13.8. The number of halogens is 2. The molecule has 1 aromatic rings. The summed E-state index contributed by atoms with van der Waals surface area (Å²) >= 11 is 6.68. The SMILES string of the molecule is CC(C)C(CBr)CS(=O)(=O)c1cccc(Br)c1. The summed E-state index contributed by atoms with van der Waals surface area (Å²) in [5, 5.41) is 0.706. The predicted molar refractivity (Wildman–Crippen MR) is 78.3 cm³/mol. The van der Waals surface area contributed by atoms with Crippen LogP contribution in [-0.2, 0) is 9.84 Å². The third-order valence-corrected chi connectivity index (χ3v) is 5.89. The van der Waals surface area contributed by atoms with E-state index in [0.29, 0.717) is 16.1 Å². The van der Waals surface area contributed by atoms with E-state index in [0.717, 1.165) is 4.47 Å². The molecule has 0 saturated heterocycles. The first-order valence-electron chi connectivity index (χ1n) is 5.41. The topological polar surface area (TPSA) is 34.1 Å². The fraction of sp³-hybridized carbons (Fsp3) is 0.500. The third kappa shape index (κ3) is 4.38. The van der Waals surface area contributed by atoms with Crippen LogP contribution in [0.3, 0.4) is 0 Å². The average molecular weight is 384 g/mol. The summed E-state index contributed by atoms with van der Waals surface area (Å²) in [4.78, 5) is 0.387. The predicted octanol–water partition coefficient (Wildman–Crippen LogP) is 3.89. The van der Waals surface area contributed by atoms with E-state index in [1.54, 1.807) is 18.2 Å². The van der Waals surface area contributed by atoms with Crippen molar-refractivity contribution < 1.29 is 8.42 Å². The van der Waals surface area contributed by atoms with Crippen molar-refractivity contribution in [1.29, 1.82) is 0 Å². The van der Waals surface area contributed by atoms with Crippen molar-refractivity contribution in [2.45, 2.75) is 18.7 Å². The van der Waals surface area contributed by atoms with E-state index < -0.39 is 9.84 Å². The monoisotopic (exact) mass is 382 g/mol. The highest BCUT2D eigenvalue weighted by molar-refractivity contribution is 9.10. The lowest BCUT2D eigenvalue weighted by atomic mass is 10.0. The molecule has 0 aliphatic carbocycles. The summed E-state index contributed by atoms with van der Waals surface area (Å²) in [6.45, 7) is 4.09. The average Bonchev–Trinajstić information content (AvgIpc) is 2.25. The van der Waals surface area contributed by atoms with E-state index in [-0.39, 0.29) is 11.7 Å². The second-order valence-corrected chi connectivity index (χ2v) is 7.99. The smallest absolute Gasteiger partial charge is 0.178 e. The van der Waals surface area contributed by atoms with Crippen molar-refractivity contribution in [3.05, 3.63) is 28.7 Å². The van der Waals surface area contributed by atoms with E-state index in [1.165, 1.54) is 0 Å². The quantitative estimate of drug-likeness (QED) is 0.722. The molecule has 0 spiro atoms. The highest BCUT2D eigenvalue weighted by Gasteiger charge is 2.22. The van der Waals surface area contributed by atoms with E-state index in [4.69, 9.17) is 0 Å². The molecular formula is C12H16Br2O2S. The Morgan fingerprint density at radius 1 is 1.29 bits per heavy atom. The Balaban J connectivity index is 2.96. The molecule has 2 nitrogen and oxygen atoms in total. The van der Waals surface area contributed by atoms with Gasteiger partial charge in [0.25, 0.3) is 0 Å². The molecule has 1 atom stereocenters. The molecular weight excluding hydrogens is 368 g/mol. The number of sulfone groups is 1. The van der Waals surface area contributed by atoms with Gasteiger partial charge in [0, 0.05) is 9.80 Å². The Labute approximate surface area is 120 Å². The second kappa shape index (κ2) is 6.34. The fourth-order valence-corrected chi connectivity index (χ4v) is 5.14. The Hall–Kier alpha value is 0.130. The molecule has 0 aromatic heterocycles. The molecule has 1 rings (SSSR count). The summed E-state index contributed by atoms with van der Waals surface area (Å²) in [6.07, 6.45) is 0. The largest absolute Gasteiger partial charge is 0.224 e. The lowest BCUT2D eigenvalue weighted by Crippen LogP contribution is -2.22. The third-order valence-electron chi connectivity index (χ3n) is 2.73. The van der Waals surface area contributed by atoms with Gasteiger partial charge in [-0.15, -0.1) is 0 Å². The Kier molecular flexibility index (Phi) is 5.67. The summed E-state index contributed by atoms with van der Waals surface area (Å²) in [5.41, 5.74) is 0. The van der Waals surface area contributed by atoms with Crippen molar-refractivity contribution >= 4 is 41.7 Å². The van der Waals surface area contributed by atoms with E-state index >= 15 is 0 Å². The second-order valence-electron chi connectivity index (χ2n) is 4.40. The van der Waals surface area contributed by atoms with Crippen molar-refractivity contribution in [3.8, 4) is 0 Å². The van der Waals surface area contributed by atoms with Gasteiger partial charge in [0.2, 0.25) is 0 Å². The molecule has 0 aliphatic rings. The lowest BCUT2D eigenvalue weighted by molar-refractivity contribution is 0.461. The molecule has 1 unspecified atom stereocenters. The molecule has 0 saturated carbocycles. The lowest BCUT2D eigenvalue weighted by Gasteiger charge is -2.18. The minimum atomic E-state index is -3.20. The Bertz CT molecular complexity index is 469. The summed E-state index contributed by atoms with van der Waals surface area (Å²) in [6, 6.07) is 6.87. The van der Waals surface area contributed by atoms with Gasteiger partial charge >= 0.3 is 0 Å². The van der Waals surface area contributed by atoms with Crippen molar-refractivity contribution in [2.75, 3.05) is 11.1 Å². The first-order valence-corrected chi connectivity index (χ1v) is 8.98. The molecule has 0 heterocycles. The van der Waals surface area contributed by atoms with Crippen molar-refractivity contribution in [1.82, 2.24) is 0 Å². The zero-order valence-electron chi connectivity index (χ0n) is 9.86. The fourth-order valence-electron chi connectivity index (χ4n) is 1.45. The van der Waals surface area contributed by atoms with Gasteiger partial charge in [-0.2, -0.15) is 0 Å². The number of benzene rings is 1. The molecule has 0 aliphatic heterocycles. The molecule has 0 radical (unpaired) electrons. The number of hydrogen-bond donors (Lipinski definition) is 0. The molecule has 17 heavy (non-hydrogen) atoms. The zero-order chi connectivity index (χ0) is 13.1. The minimum absolute atomic E-state index is 0.138. The van der Waals surface area contributed by atoms with Crippen LogP contribution in [0.2, 0.25) is 0 Å². The molecule has 0 fully saturated rings. The van der Waals surface area contributed by atoms with Gasteiger partial charge in [-0.05, 0) is 30.0 Å². The van der Waals surface area contributed by atoms with Gasteiger partial charge in [0.05, 0.1) is 10.6 Å². The summed E-state index contributed by atoms with van der Waals surface area (Å²) < 4.78 is 25.2. The van der Waals surface area contributed by atoms with Gasteiger partial charge in [-0.25, -0.2) is 8.42 Å². The molecule has 96 valence electrons. The normalized spacial score (nSPS) is 13.9. The van der Waals surface area contributed by atoms with Crippen LogP contribution in [0.4, 0.5) is 0 Å². The highest BCUT2D eigenvalue weighted by Crippen LogP contribution is 2.22. The van der Waals surface area contributed by atoms with Gasteiger partial charge in [0.15, 0.2) is 9.84 Å². The molecule has 5 heteroatoms. The van der Waals surface area contributed by atoms with Crippen molar-refractivity contribution in [2.24, 2.45) is 11.8 Å². The molecule has 0 amide bonds. The first-order chi connectivity index (χ1) is 7.86. The summed E-state index contributed by atoms with van der Waals surface area (Å²) in [5.74, 6) is 0.669. The standard InChI is InChI=1S/C12H16Br2O2S/c1-9(2)10(7-13)8-17(15,16)12-5-3-4-11(14)6-12/h3-6,9-10H,7-8H2,1-2H3. The van der Waals surface area contributed by atoms with Crippen LogP contribution in [0.1, 0.15) is 13.8 Å². The van der Waals surface area contributed by atoms with Crippen LogP contribution in [0, 0.1) is 11.8 Å². The van der Waals surface area contributed by atoms with E-state index in [9.17, 15) is 8.42 Å².